The maximum Gasteiger partial charge on any atom is 0.233 e. The van der Waals surface area contributed by atoms with E-state index in [9.17, 15) is 0 Å². The van der Waals surface area contributed by atoms with Crippen molar-refractivity contribution in [3.8, 4) is 11.5 Å². The van der Waals surface area contributed by atoms with E-state index >= 15 is 0 Å². The first-order valence-electron chi connectivity index (χ1n) is 4.97. The fourth-order valence-corrected chi connectivity index (χ4v) is 1.10. The van der Waals surface area contributed by atoms with Gasteiger partial charge in [0.2, 0.25) is 5.89 Å². The monoisotopic (exact) mass is 221 g/mol. The summed E-state index contributed by atoms with van der Waals surface area (Å²) in [6, 6.07) is 0. The van der Waals surface area contributed by atoms with Crippen LogP contribution in [0.15, 0.2) is 16.9 Å². The maximum atomic E-state index is 5.63. The summed E-state index contributed by atoms with van der Waals surface area (Å²) in [5, 5.41) is 0. The second-order valence-electron chi connectivity index (χ2n) is 2.80. The molecule has 0 aromatic carbocycles. The summed E-state index contributed by atoms with van der Waals surface area (Å²) < 4.78 is 5.28. The summed E-state index contributed by atoms with van der Waals surface area (Å²) in [7, 11) is 0. The van der Waals surface area contributed by atoms with E-state index in [2.05, 4.69) is 15.0 Å². The normalized spacial score (nSPS) is 9.44. The molecule has 0 amide bonds. The molecule has 0 aliphatic rings. The molecule has 0 spiro atoms. The molecule has 2 aromatic heterocycles. The third kappa shape index (κ3) is 2.28. The molecule has 86 valence electrons. The van der Waals surface area contributed by atoms with Gasteiger partial charge in [-0.1, -0.05) is 13.8 Å². The van der Waals surface area contributed by atoms with Gasteiger partial charge in [0.05, 0.1) is 6.20 Å². The number of anilines is 2. The number of nitrogen functional groups attached to an aromatic ring is 2. The number of oxazole rings is 1. The van der Waals surface area contributed by atoms with E-state index in [0.717, 1.165) is 0 Å². The molecule has 0 radical (unpaired) electrons. The Bertz CT molecular complexity index is 446. The van der Waals surface area contributed by atoms with E-state index < -0.39 is 0 Å². The second kappa shape index (κ2) is 5.11. The SMILES string of the molecule is CC.Cc1cnc(-c2c(N)ncnc2N)o1. The van der Waals surface area contributed by atoms with Crippen molar-refractivity contribution in [1.82, 2.24) is 15.0 Å². The van der Waals surface area contributed by atoms with Gasteiger partial charge in [0.25, 0.3) is 0 Å². The highest BCUT2D eigenvalue weighted by Crippen LogP contribution is 2.27. The topological polar surface area (TPSA) is 104 Å². The van der Waals surface area contributed by atoms with Crippen molar-refractivity contribution in [3.63, 3.8) is 0 Å². The summed E-state index contributed by atoms with van der Waals surface area (Å²) in [6.07, 6.45) is 2.88. The summed E-state index contributed by atoms with van der Waals surface area (Å²) in [5.41, 5.74) is 11.7. The summed E-state index contributed by atoms with van der Waals surface area (Å²) in [4.78, 5) is 11.6. The van der Waals surface area contributed by atoms with E-state index in [1.807, 2.05) is 13.8 Å². The number of hydrogen-bond donors (Lipinski definition) is 2. The molecule has 4 N–H and O–H groups in total. The number of rotatable bonds is 1. The largest absolute Gasteiger partial charge is 0.441 e. The average Bonchev–Trinajstić information content (AvgIpc) is 2.68. The van der Waals surface area contributed by atoms with Gasteiger partial charge in [0.1, 0.15) is 29.3 Å². The molecule has 0 bridgehead atoms. The first-order chi connectivity index (χ1) is 7.68. The third-order valence-electron chi connectivity index (χ3n) is 1.74. The lowest BCUT2D eigenvalue weighted by atomic mass is 10.3. The Kier molecular flexibility index (Phi) is 3.82. The first kappa shape index (κ1) is 12.0. The molecule has 16 heavy (non-hydrogen) atoms. The van der Waals surface area contributed by atoms with Crippen molar-refractivity contribution in [1.29, 1.82) is 0 Å². The van der Waals surface area contributed by atoms with Gasteiger partial charge in [0, 0.05) is 0 Å². The predicted octanol–water partition coefficient (Wildman–Crippen LogP) is 1.63. The van der Waals surface area contributed by atoms with E-state index in [0.29, 0.717) is 17.2 Å². The molecule has 0 aliphatic carbocycles. The molecule has 0 saturated heterocycles. The molecule has 0 aliphatic heterocycles. The number of nitrogens with zero attached hydrogens (tertiary/aromatic N) is 3. The van der Waals surface area contributed by atoms with E-state index in [1.165, 1.54) is 6.33 Å². The van der Waals surface area contributed by atoms with Gasteiger partial charge in [0.15, 0.2) is 0 Å². The molecule has 2 aromatic rings. The van der Waals surface area contributed by atoms with E-state index in [4.69, 9.17) is 15.9 Å². The zero-order valence-corrected chi connectivity index (χ0v) is 9.56. The fourth-order valence-electron chi connectivity index (χ4n) is 1.10. The van der Waals surface area contributed by atoms with Gasteiger partial charge in [-0.3, -0.25) is 0 Å². The Morgan fingerprint density at radius 3 is 2.06 bits per heavy atom. The predicted molar refractivity (Wildman–Crippen MR) is 62.4 cm³/mol. The Morgan fingerprint density at radius 1 is 1.06 bits per heavy atom. The van der Waals surface area contributed by atoms with Crippen LogP contribution in [0.1, 0.15) is 19.6 Å². The molecular formula is C10H15N5O. The van der Waals surface area contributed by atoms with Gasteiger partial charge >= 0.3 is 0 Å². The molecular weight excluding hydrogens is 206 g/mol. The molecule has 6 heteroatoms. The van der Waals surface area contributed by atoms with Crippen LogP contribution in [0, 0.1) is 6.92 Å². The van der Waals surface area contributed by atoms with Crippen LogP contribution in [0.25, 0.3) is 11.5 Å². The van der Waals surface area contributed by atoms with E-state index in [-0.39, 0.29) is 11.6 Å². The Morgan fingerprint density at radius 2 is 1.62 bits per heavy atom. The highest BCUT2D eigenvalue weighted by Gasteiger charge is 2.13. The van der Waals surface area contributed by atoms with Gasteiger partial charge in [-0.2, -0.15) is 0 Å². The summed E-state index contributed by atoms with van der Waals surface area (Å²) in [6.45, 7) is 5.78. The highest BCUT2D eigenvalue weighted by molar-refractivity contribution is 5.76. The van der Waals surface area contributed by atoms with Crippen LogP contribution in [0.3, 0.4) is 0 Å². The van der Waals surface area contributed by atoms with Crippen LogP contribution in [0.5, 0.6) is 0 Å². The van der Waals surface area contributed by atoms with Crippen LogP contribution >= 0.6 is 0 Å². The number of nitrogens with two attached hydrogens (primary N) is 2. The van der Waals surface area contributed by atoms with Crippen LogP contribution in [-0.2, 0) is 0 Å². The smallest absolute Gasteiger partial charge is 0.233 e. The Hall–Kier alpha value is -2.11. The third-order valence-corrected chi connectivity index (χ3v) is 1.74. The maximum absolute atomic E-state index is 5.63. The minimum absolute atomic E-state index is 0.263. The molecule has 0 atom stereocenters. The number of hydrogen-bond acceptors (Lipinski definition) is 6. The van der Waals surface area contributed by atoms with Crippen molar-refractivity contribution < 1.29 is 4.42 Å². The molecule has 2 rings (SSSR count). The van der Waals surface area contributed by atoms with Crippen LogP contribution in [0.2, 0.25) is 0 Å². The van der Waals surface area contributed by atoms with Gasteiger partial charge < -0.3 is 15.9 Å². The minimum Gasteiger partial charge on any atom is -0.441 e. The molecule has 6 nitrogen and oxygen atoms in total. The summed E-state index contributed by atoms with van der Waals surface area (Å²) >= 11 is 0. The van der Waals surface area contributed by atoms with Crippen molar-refractivity contribution in [2.75, 3.05) is 11.5 Å². The van der Waals surface area contributed by atoms with Crippen LogP contribution in [-0.4, -0.2) is 15.0 Å². The van der Waals surface area contributed by atoms with Crippen molar-refractivity contribution in [3.05, 3.63) is 18.3 Å². The molecule has 0 saturated carbocycles. The van der Waals surface area contributed by atoms with Crippen LogP contribution in [0.4, 0.5) is 11.6 Å². The van der Waals surface area contributed by atoms with E-state index in [1.54, 1.807) is 13.1 Å². The van der Waals surface area contributed by atoms with Gasteiger partial charge in [-0.25, -0.2) is 15.0 Å². The van der Waals surface area contributed by atoms with Crippen LogP contribution < -0.4 is 11.5 Å². The Balaban J connectivity index is 0.000000606. The first-order valence-corrected chi connectivity index (χ1v) is 4.97. The molecule has 0 fully saturated rings. The second-order valence-corrected chi connectivity index (χ2v) is 2.80. The zero-order valence-electron chi connectivity index (χ0n) is 9.56. The standard InChI is InChI=1S/C8H9N5O.C2H6/c1-4-2-11-8(14-4)5-6(9)12-3-13-7(5)10;1-2/h2-3H,1H3,(H4,9,10,12,13);1-2H3. The molecule has 2 heterocycles. The Labute approximate surface area is 93.7 Å². The minimum atomic E-state index is 0.263. The molecule has 0 unspecified atom stereocenters. The van der Waals surface area contributed by atoms with Crippen molar-refractivity contribution in [2.24, 2.45) is 0 Å². The quantitative estimate of drug-likeness (QED) is 0.758. The number of aromatic nitrogens is 3. The highest BCUT2D eigenvalue weighted by atomic mass is 16.4. The van der Waals surface area contributed by atoms with Gasteiger partial charge in [-0.15, -0.1) is 0 Å². The lowest BCUT2D eigenvalue weighted by molar-refractivity contribution is 0.542. The summed E-state index contributed by atoms with van der Waals surface area (Å²) in [5.74, 6) is 1.56. The average molecular weight is 221 g/mol. The van der Waals surface area contributed by atoms with Crippen molar-refractivity contribution >= 4 is 11.6 Å². The van der Waals surface area contributed by atoms with Gasteiger partial charge in [-0.05, 0) is 6.92 Å². The van der Waals surface area contributed by atoms with Crippen molar-refractivity contribution in [2.45, 2.75) is 20.8 Å². The lowest BCUT2D eigenvalue weighted by Crippen LogP contribution is -2.01. The zero-order chi connectivity index (χ0) is 12.1. The number of aryl methyl sites for hydroxylation is 1. The lowest BCUT2D eigenvalue weighted by Gasteiger charge is -2.01. The fraction of sp³-hybridized carbons (Fsp3) is 0.300.